The minimum atomic E-state index is -6.56. The normalized spacial score (nSPS) is 16.8. The Morgan fingerprint density at radius 1 is 0.750 bits per heavy atom. The second kappa shape index (κ2) is 5.78. The maximum absolute atomic E-state index is 13.3. The first kappa shape index (κ1) is 20.5. The highest BCUT2D eigenvalue weighted by atomic mass is 19.4. The van der Waals surface area contributed by atoms with Crippen molar-refractivity contribution in [2.24, 2.45) is 0 Å². The molecule has 0 aliphatic carbocycles. The van der Waals surface area contributed by atoms with Crippen molar-refractivity contribution in [3.8, 4) is 0 Å². The van der Waals surface area contributed by atoms with E-state index in [1.807, 2.05) is 0 Å². The van der Waals surface area contributed by atoms with E-state index in [0.29, 0.717) is 31.2 Å². The van der Waals surface area contributed by atoms with Crippen molar-refractivity contribution in [2.75, 3.05) is 0 Å². The topological polar surface area (TPSA) is 20.2 Å². The monoisotopic (exact) mass is 372 g/mol. The molecular weight excluding hydrogens is 362 g/mol. The average molecular weight is 372 g/mol. The van der Waals surface area contributed by atoms with Crippen molar-refractivity contribution < 1.29 is 49.0 Å². The van der Waals surface area contributed by atoms with Gasteiger partial charge in [-0.05, 0) is 24.6 Å². The number of alkyl halides is 10. The van der Waals surface area contributed by atoms with Gasteiger partial charge in [-0.3, -0.25) is 0 Å². The van der Waals surface area contributed by atoms with E-state index in [-0.39, 0.29) is 0 Å². The molecule has 0 heterocycles. The second-order valence-corrected chi connectivity index (χ2v) is 5.30. The van der Waals surface area contributed by atoms with Crippen LogP contribution in [-0.4, -0.2) is 23.1 Å². The number of halogens is 10. The lowest BCUT2D eigenvalue weighted by atomic mass is 9.87. The van der Waals surface area contributed by atoms with Gasteiger partial charge < -0.3 is 5.11 Å². The van der Waals surface area contributed by atoms with Crippen LogP contribution in [0.4, 0.5) is 43.9 Å². The third kappa shape index (κ3) is 3.93. The third-order valence-electron chi connectivity index (χ3n) is 3.22. The summed E-state index contributed by atoms with van der Waals surface area (Å²) in [6.07, 6.45) is -13.7. The molecule has 1 nitrogen and oxygen atoms in total. The predicted molar refractivity (Wildman–Crippen MR) is 61.6 cm³/mol. The van der Waals surface area contributed by atoms with Crippen LogP contribution in [0.3, 0.4) is 0 Å². The van der Waals surface area contributed by atoms with Gasteiger partial charge in [-0.2, -0.15) is 43.9 Å². The first-order chi connectivity index (χ1) is 10.4. The Morgan fingerprint density at radius 3 is 1.46 bits per heavy atom. The number of aliphatic hydroxyl groups is 1. The Labute approximate surface area is 128 Å². The molecule has 0 aromatic heterocycles. The lowest BCUT2D eigenvalue weighted by Gasteiger charge is -2.34. The summed E-state index contributed by atoms with van der Waals surface area (Å²) < 4.78 is 126. The number of rotatable bonds is 4. The molecule has 1 unspecified atom stereocenters. The maximum atomic E-state index is 13.3. The maximum Gasteiger partial charge on any atom is 0.459 e. The lowest BCUT2D eigenvalue weighted by Crippen LogP contribution is -2.54. The first-order valence-corrected chi connectivity index (χ1v) is 6.14. The van der Waals surface area contributed by atoms with E-state index in [1.165, 1.54) is 0 Å². The largest absolute Gasteiger partial charge is 0.459 e. The zero-order valence-electron chi connectivity index (χ0n) is 11.7. The van der Waals surface area contributed by atoms with Crippen molar-refractivity contribution in [3.63, 3.8) is 0 Å². The van der Waals surface area contributed by atoms with Gasteiger partial charge in [0.05, 0.1) is 17.6 Å². The number of hydrogen-bond donors (Lipinski definition) is 1. The Morgan fingerprint density at radius 2 is 1.12 bits per heavy atom. The van der Waals surface area contributed by atoms with Gasteiger partial charge in [0.15, 0.2) is 0 Å². The molecule has 1 aromatic carbocycles. The summed E-state index contributed by atoms with van der Waals surface area (Å²) in [6.45, 7) is 0.496. The Kier molecular flexibility index (Phi) is 4.94. The van der Waals surface area contributed by atoms with E-state index < -0.39 is 47.3 Å². The fourth-order valence-corrected chi connectivity index (χ4v) is 1.87. The summed E-state index contributed by atoms with van der Waals surface area (Å²) in [5, 5.41) is 9.78. The van der Waals surface area contributed by atoms with Crippen molar-refractivity contribution >= 4 is 0 Å². The van der Waals surface area contributed by atoms with Gasteiger partial charge in [-0.25, -0.2) is 0 Å². The minimum absolute atomic E-state index is 0.379. The summed E-state index contributed by atoms with van der Waals surface area (Å²) in [7, 11) is 0. The van der Waals surface area contributed by atoms with Crippen LogP contribution < -0.4 is 0 Å². The fraction of sp³-hybridized carbons (Fsp3) is 0.538. The molecule has 0 aliphatic rings. The van der Waals surface area contributed by atoms with Crippen LogP contribution in [-0.2, 0) is 11.8 Å². The van der Waals surface area contributed by atoms with Crippen LogP contribution in [0.2, 0.25) is 0 Å². The van der Waals surface area contributed by atoms with E-state index in [1.54, 1.807) is 0 Å². The number of hydrogen-bond acceptors (Lipinski definition) is 1. The highest BCUT2D eigenvalue weighted by molar-refractivity contribution is 5.28. The van der Waals surface area contributed by atoms with E-state index >= 15 is 0 Å². The number of benzene rings is 1. The zero-order chi connectivity index (χ0) is 19.2. The van der Waals surface area contributed by atoms with Crippen molar-refractivity contribution in [1.29, 1.82) is 0 Å². The molecule has 0 saturated heterocycles. The molecule has 1 atom stereocenters. The molecule has 11 heteroatoms. The molecule has 1 rings (SSSR count). The minimum Gasteiger partial charge on any atom is -0.385 e. The Balaban J connectivity index is 3.13. The van der Waals surface area contributed by atoms with E-state index in [4.69, 9.17) is 0 Å². The summed E-state index contributed by atoms with van der Waals surface area (Å²) in [5.74, 6) is -12.1. The smallest absolute Gasteiger partial charge is 0.385 e. The van der Waals surface area contributed by atoms with Gasteiger partial charge in [0.2, 0.25) is 0 Å². The molecule has 0 aliphatic heterocycles. The molecule has 1 N–H and O–H groups in total. The highest BCUT2D eigenvalue weighted by Crippen LogP contribution is 2.50. The van der Waals surface area contributed by atoms with Crippen LogP contribution in [0.25, 0.3) is 0 Å². The van der Waals surface area contributed by atoms with Gasteiger partial charge in [0.1, 0.15) is 0 Å². The van der Waals surface area contributed by atoms with Crippen LogP contribution in [0.5, 0.6) is 0 Å². The van der Waals surface area contributed by atoms with E-state index in [9.17, 15) is 49.0 Å². The van der Waals surface area contributed by atoms with Crippen LogP contribution in [0.1, 0.15) is 24.5 Å². The molecule has 24 heavy (non-hydrogen) atoms. The van der Waals surface area contributed by atoms with Crippen molar-refractivity contribution in [1.82, 2.24) is 0 Å². The van der Waals surface area contributed by atoms with Gasteiger partial charge in [-0.1, -0.05) is 12.1 Å². The zero-order valence-corrected chi connectivity index (χ0v) is 11.7. The van der Waals surface area contributed by atoms with Gasteiger partial charge >= 0.3 is 24.2 Å². The van der Waals surface area contributed by atoms with Crippen LogP contribution in [0, 0.1) is 0 Å². The molecule has 0 bridgehead atoms. The Hall–Kier alpha value is -1.52. The molecule has 0 spiro atoms. The van der Waals surface area contributed by atoms with Gasteiger partial charge in [-0.15, -0.1) is 0 Å². The quantitative estimate of drug-likeness (QED) is 0.726. The summed E-state index contributed by atoms with van der Waals surface area (Å²) in [5.41, 5.74) is -4.81. The van der Waals surface area contributed by atoms with E-state index in [2.05, 4.69) is 0 Å². The second-order valence-electron chi connectivity index (χ2n) is 5.30. The summed E-state index contributed by atoms with van der Waals surface area (Å²) in [4.78, 5) is 0. The van der Waals surface area contributed by atoms with Gasteiger partial charge in [0, 0.05) is 0 Å². The molecule has 0 radical (unpaired) electrons. The average Bonchev–Trinajstić information content (AvgIpc) is 2.35. The molecule has 138 valence electrons. The van der Waals surface area contributed by atoms with Gasteiger partial charge in [0.25, 0.3) is 0 Å². The Bertz CT molecular complexity index is 568. The van der Waals surface area contributed by atoms with Crippen molar-refractivity contribution in [2.45, 2.75) is 43.1 Å². The molecule has 0 fully saturated rings. The summed E-state index contributed by atoms with van der Waals surface area (Å²) >= 11 is 0. The fourth-order valence-electron chi connectivity index (χ4n) is 1.87. The SMILES string of the molecule is CC(O)(CC(F)(F)C(F)(F)C(F)(F)F)c1ccc(C(F)(F)F)cc1. The third-order valence-corrected chi connectivity index (χ3v) is 3.22. The summed E-state index contributed by atoms with van der Waals surface area (Å²) in [6, 6.07) is 1.79. The first-order valence-electron chi connectivity index (χ1n) is 6.14. The molecular formula is C13H10F10O. The van der Waals surface area contributed by atoms with Crippen LogP contribution in [0.15, 0.2) is 24.3 Å². The molecule has 0 saturated carbocycles. The molecule has 1 aromatic rings. The standard InChI is InChI=1S/C13H10F10O/c1-9(24,6-10(14,15)12(19,20)13(21,22)23)7-2-4-8(5-3-7)11(16,17)18/h2-5,24H,6H2,1H3. The highest BCUT2D eigenvalue weighted by Gasteiger charge is 2.73. The predicted octanol–water partition coefficient (Wildman–Crippen LogP) is 5.14. The van der Waals surface area contributed by atoms with Crippen LogP contribution >= 0.6 is 0 Å². The van der Waals surface area contributed by atoms with E-state index in [0.717, 1.165) is 0 Å². The van der Waals surface area contributed by atoms with Crippen molar-refractivity contribution in [3.05, 3.63) is 35.4 Å². The lowest BCUT2D eigenvalue weighted by molar-refractivity contribution is -0.361. The molecule has 0 amide bonds.